The fraction of sp³-hybridized carbons (Fsp3) is 0.389. The Balaban J connectivity index is 1.95. The van der Waals surface area contributed by atoms with Gasteiger partial charge >= 0.3 is 5.97 Å². The highest BCUT2D eigenvalue weighted by Gasteiger charge is 2.35. The van der Waals surface area contributed by atoms with Crippen molar-refractivity contribution in [2.75, 3.05) is 13.1 Å². The van der Waals surface area contributed by atoms with E-state index in [1.54, 1.807) is 30.0 Å². The van der Waals surface area contributed by atoms with Crippen molar-refractivity contribution in [3.8, 4) is 11.3 Å². The molecule has 2 aromatic rings. The summed E-state index contributed by atoms with van der Waals surface area (Å²) in [6, 6.07) is 5.05. The van der Waals surface area contributed by atoms with Gasteiger partial charge < -0.3 is 14.5 Å². The number of hydrogen-bond donors (Lipinski definition) is 1. The molecule has 0 aliphatic carbocycles. The third-order valence-corrected chi connectivity index (χ3v) is 5.42. The Hall–Kier alpha value is -2.05. The number of carbonyl (C=O) groups excluding carboxylic acids is 1. The van der Waals surface area contributed by atoms with Crippen LogP contribution in [-0.2, 0) is 4.79 Å². The Kier molecular flexibility index (Phi) is 5.25. The van der Waals surface area contributed by atoms with Crippen LogP contribution in [0.25, 0.3) is 11.3 Å². The lowest BCUT2D eigenvalue weighted by Crippen LogP contribution is -2.45. The number of carboxylic acids is 1. The van der Waals surface area contributed by atoms with Crippen LogP contribution in [0.15, 0.2) is 22.7 Å². The largest absolute Gasteiger partial charge is 0.481 e. The minimum absolute atomic E-state index is 0.141. The van der Waals surface area contributed by atoms with Crippen LogP contribution in [0.5, 0.6) is 0 Å². The number of aromatic nitrogens is 1. The molecule has 1 aromatic carbocycles. The van der Waals surface area contributed by atoms with Gasteiger partial charge in [0.15, 0.2) is 0 Å². The number of halogens is 2. The number of rotatable bonds is 3. The lowest BCUT2D eigenvalue weighted by Gasteiger charge is -2.34. The number of nitrogens with zero attached hydrogens (tertiary/aromatic N) is 2. The van der Waals surface area contributed by atoms with Crippen molar-refractivity contribution in [1.82, 2.24) is 10.1 Å². The molecule has 2 heterocycles. The van der Waals surface area contributed by atoms with Crippen LogP contribution in [0.4, 0.5) is 0 Å². The van der Waals surface area contributed by atoms with E-state index in [9.17, 15) is 14.7 Å². The number of likely N-dealkylation sites (tertiary alicyclic amines) is 1. The Bertz CT molecular complexity index is 845. The van der Waals surface area contributed by atoms with Gasteiger partial charge in [-0.15, -0.1) is 0 Å². The zero-order valence-electron chi connectivity index (χ0n) is 14.3. The molecule has 1 amide bonds. The third-order valence-electron chi connectivity index (χ3n) is 4.79. The number of piperidine rings is 1. The predicted octanol–water partition coefficient (Wildman–Crippen LogP) is 4.14. The molecule has 2 unspecified atom stereocenters. The second-order valence-electron chi connectivity index (χ2n) is 6.52. The van der Waals surface area contributed by atoms with Gasteiger partial charge in [0.1, 0.15) is 17.0 Å². The van der Waals surface area contributed by atoms with Crippen molar-refractivity contribution in [2.45, 2.75) is 20.3 Å². The topological polar surface area (TPSA) is 83.6 Å². The molecule has 0 radical (unpaired) electrons. The summed E-state index contributed by atoms with van der Waals surface area (Å²) in [6.07, 6.45) is 0.411. The molecule has 8 heteroatoms. The van der Waals surface area contributed by atoms with Crippen molar-refractivity contribution in [3.63, 3.8) is 0 Å². The molecule has 1 aromatic heterocycles. The summed E-state index contributed by atoms with van der Waals surface area (Å²) in [5.41, 5.74) is 1.06. The zero-order chi connectivity index (χ0) is 19.0. The van der Waals surface area contributed by atoms with E-state index in [0.717, 1.165) is 0 Å². The second kappa shape index (κ2) is 7.29. The normalized spacial score (nSPS) is 20.2. The molecule has 26 heavy (non-hydrogen) atoms. The molecular weight excluding hydrogens is 379 g/mol. The smallest absolute Gasteiger partial charge is 0.306 e. The highest BCUT2D eigenvalue weighted by atomic mass is 35.5. The van der Waals surface area contributed by atoms with E-state index < -0.39 is 11.9 Å². The first-order valence-corrected chi connectivity index (χ1v) is 8.99. The van der Waals surface area contributed by atoms with Crippen LogP contribution >= 0.6 is 23.2 Å². The number of benzene rings is 1. The molecule has 6 nitrogen and oxygen atoms in total. The molecule has 0 saturated carbocycles. The molecule has 1 aliphatic heterocycles. The van der Waals surface area contributed by atoms with Crippen LogP contribution in [0.3, 0.4) is 0 Å². The molecular formula is C18H18Cl2N2O4. The minimum atomic E-state index is -0.825. The van der Waals surface area contributed by atoms with Gasteiger partial charge in [-0.05, 0) is 31.4 Å². The van der Waals surface area contributed by atoms with Crippen molar-refractivity contribution in [1.29, 1.82) is 0 Å². The monoisotopic (exact) mass is 396 g/mol. The second-order valence-corrected chi connectivity index (χ2v) is 7.34. The van der Waals surface area contributed by atoms with Crippen LogP contribution in [0.1, 0.15) is 29.5 Å². The number of aliphatic carboxylic acids is 1. The highest BCUT2D eigenvalue weighted by Crippen LogP contribution is 2.37. The molecule has 1 saturated heterocycles. The Labute approximate surface area is 160 Å². The third kappa shape index (κ3) is 3.31. The van der Waals surface area contributed by atoms with Crippen LogP contribution in [-0.4, -0.2) is 40.1 Å². The molecule has 3 rings (SSSR count). The van der Waals surface area contributed by atoms with E-state index in [2.05, 4.69) is 5.16 Å². The number of carbonyl (C=O) groups is 2. The lowest BCUT2D eigenvalue weighted by atomic mass is 9.86. The van der Waals surface area contributed by atoms with Gasteiger partial charge in [-0.25, -0.2) is 0 Å². The molecule has 0 spiro atoms. The van der Waals surface area contributed by atoms with Crippen molar-refractivity contribution >= 4 is 35.1 Å². The SMILES string of the molecule is Cc1onc(-c2c(Cl)cccc2Cl)c1C(=O)N1CCC(C(=O)O)C(C)C1. The van der Waals surface area contributed by atoms with E-state index in [-0.39, 0.29) is 11.8 Å². The molecule has 138 valence electrons. The highest BCUT2D eigenvalue weighted by molar-refractivity contribution is 6.39. The average Bonchev–Trinajstić information content (AvgIpc) is 2.95. The van der Waals surface area contributed by atoms with Crippen molar-refractivity contribution < 1.29 is 19.2 Å². The first-order chi connectivity index (χ1) is 12.3. The first-order valence-electron chi connectivity index (χ1n) is 8.24. The van der Waals surface area contributed by atoms with Crippen LogP contribution in [0.2, 0.25) is 10.0 Å². The summed E-state index contributed by atoms with van der Waals surface area (Å²) in [7, 11) is 0. The van der Waals surface area contributed by atoms with Gasteiger partial charge in [0.2, 0.25) is 0 Å². The van der Waals surface area contributed by atoms with Gasteiger partial charge in [0.05, 0.1) is 16.0 Å². The summed E-state index contributed by atoms with van der Waals surface area (Å²) in [5, 5.41) is 14.0. The summed E-state index contributed by atoms with van der Waals surface area (Å²) in [5.74, 6) is -1.30. The van der Waals surface area contributed by atoms with Crippen LogP contribution < -0.4 is 0 Å². The van der Waals surface area contributed by atoms with Gasteiger partial charge in [0.25, 0.3) is 5.91 Å². The zero-order valence-corrected chi connectivity index (χ0v) is 15.8. The number of hydrogen-bond acceptors (Lipinski definition) is 4. The number of aryl methyl sites for hydroxylation is 1. The predicted molar refractivity (Wildman–Crippen MR) is 97.5 cm³/mol. The van der Waals surface area contributed by atoms with Crippen molar-refractivity contribution in [3.05, 3.63) is 39.6 Å². The quantitative estimate of drug-likeness (QED) is 0.842. The Morgan fingerprint density at radius 3 is 2.54 bits per heavy atom. The fourth-order valence-electron chi connectivity index (χ4n) is 3.37. The standard InChI is InChI=1S/C18H18Cl2N2O4/c1-9-8-22(7-6-11(9)18(24)25)17(23)14-10(2)26-21-16(14)15-12(19)4-3-5-13(15)20/h3-5,9,11H,6-8H2,1-2H3,(H,24,25). The maximum absolute atomic E-state index is 13.1. The molecule has 1 fully saturated rings. The Morgan fingerprint density at radius 2 is 1.96 bits per heavy atom. The summed E-state index contributed by atoms with van der Waals surface area (Å²) in [6.45, 7) is 4.21. The van der Waals surface area contributed by atoms with Crippen molar-refractivity contribution in [2.24, 2.45) is 11.8 Å². The van der Waals surface area contributed by atoms with E-state index in [0.29, 0.717) is 52.1 Å². The fourth-order valence-corrected chi connectivity index (χ4v) is 3.95. The van der Waals surface area contributed by atoms with Gasteiger partial charge in [-0.1, -0.05) is 41.3 Å². The first kappa shape index (κ1) is 18.7. The summed E-state index contributed by atoms with van der Waals surface area (Å²) >= 11 is 12.5. The van der Waals surface area contributed by atoms with E-state index in [1.807, 2.05) is 6.92 Å². The molecule has 2 atom stereocenters. The van der Waals surface area contributed by atoms with Crippen LogP contribution in [0, 0.1) is 18.8 Å². The lowest BCUT2D eigenvalue weighted by molar-refractivity contribution is -0.145. The summed E-state index contributed by atoms with van der Waals surface area (Å²) < 4.78 is 5.25. The van der Waals surface area contributed by atoms with Gasteiger partial charge in [0, 0.05) is 18.7 Å². The molecule has 1 N–H and O–H groups in total. The van der Waals surface area contributed by atoms with E-state index >= 15 is 0 Å². The Morgan fingerprint density at radius 1 is 1.31 bits per heavy atom. The van der Waals surface area contributed by atoms with Gasteiger partial charge in [-0.3, -0.25) is 9.59 Å². The number of carboxylic acid groups (broad SMARTS) is 1. The maximum Gasteiger partial charge on any atom is 0.306 e. The minimum Gasteiger partial charge on any atom is -0.481 e. The summed E-state index contributed by atoms with van der Waals surface area (Å²) in [4.78, 5) is 26.0. The molecule has 1 aliphatic rings. The number of amides is 1. The van der Waals surface area contributed by atoms with E-state index in [1.165, 1.54) is 0 Å². The molecule has 0 bridgehead atoms. The van der Waals surface area contributed by atoms with Gasteiger partial charge in [-0.2, -0.15) is 0 Å². The average molecular weight is 397 g/mol. The maximum atomic E-state index is 13.1. The van der Waals surface area contributed by atoms with E-state index in [4.69, 9.17) is 27.7 Å².